The molecular formula is C18H24N2O11S2. The van der Waals surface area contributed by atoms with E-state index in [0.717, 1.165) is 0 Å². The van der Waals surface area contributed by atoms with Crippen molar-refractivity contribution in [3.05, 3.63) is 30.0 Å². The summed E-state index contributed by atoms with van der Waals surface area (Å²) in [5.41, 5.74) is -0.0687. The van der Waals surface area contributed by atoms with E-state index < -0.39 is 46.9 Å². The van der Waals surface area contributed by atoms with Gasteiger partial charge in [-0.05, 0) is 17.7 Å². The Balaban J connectivity index is 1.98. The van der Waals surface area contributed by atoms with Gasteiger partial charge in [0.1, 0.15) is 47.8 Å². The summed E-state index contributed by atoms with van der Waals surface area (Å²) < 4.78 is 47.6. The summed E-state index contributed by atoms with van der Waals surface area (Å²) in [6, 6.07) is 5.22. The number of benzene rings is 1. The number of hydrogen-bond acceptors (Lipinski definition) is 12. The van der Waals surface area contributed by atoms with Crippen LogP contribution in [0, 0.1) is 0 Å². The molecule has 1 aromatic carbocycles. The van der Waals surface area contributed by atoms with Crippen LogP contribution in [0.1, 0.15) is 5.56 Å². The third-order valence-corrected chi connectivity index (χ3v) is 6.30. The molecule has 1 aliphatic rings. The number of hydrogen-bond donors (Lipinski definition) is 5. The molecule has 5 atom stereocenters. The highest BCUT2D eigenvalue weighted by Crippen LogP contribution is 2.34. The summed E-state index contributed by atoms with van der Waals surface area (Å²) in [6.45, 7) is -0.644. The molecule has 1 fully saturated rings. The fourth-order valence-corrected chi connectivity index (χ4v) is 4.72. The normalized spacial score (nSPS) is 26.4. The van der Waals surface area contributed by atoms with Crippen molar-refractivity contribution in [2.24, 2.45) is 5.16 Å². The zero-order valence-electron chi connectivity index (χ0n) is 17.5. The molecule has 184 valence electrons. The molecule has 0 bridgehead atoms. The standard InChI is InChI=1S/C18H24N2O11S2/c1-28-11-5-3-4-10-14(11)9(7-20(10)29-2)6-13(19-31-33(25,26)27)32-18-17(24)16(23)15(22)12(8-21)30-18/h3-5,7,12,15-18,21-24H,6,8H2,1-2H3,(H,25,26,27)/t12-,15-,16+,17-,18+/m1/s1. The summed E-state index contributed by atoms with van der Waals surface area (Å²) in [5.74, 6) is 0.492. The van der Waals surface area contributed by atoms with Crippen LogP contribution < -0.4 is 9.57 Å². The maximum atomic E-state index is 11.1. The van der Waals surface area contributed by atoms with Crippen molar-refractivity contribution >= 4 is 38.1 Å². The average molecular weight is 509 g/mol. The number of nitrogens with zero attached hydrogens (tertiary/aromatic N) is 2. The first kappa shape index (κ1) is 25.5. The molecule has 0 spiro atoms. The molecule has 15 heteroatoms. The lowest BCUT2D eigenvalue weighted by Gasteiger charge is -2.39. The number of ether oxygens (including phenoxy) is 2. The molecule has 0 aliphatic carbocycles. The van der Waals surface area contributed by atoms with E-state index in [1.807, 2.05) is 0 Å². The molecule has 1 saturated heterocycles. The number of methoxy groups -OCH3 is 1. The third-order valence-electron chi connectivity index (χ3n) is 4.93. The van der Waals surface area contributed by atoms with E-state index in [0.29, 0.717) is 34.0 Å². The molecule has 33 heavy (non-hydrogen) atoms. The summed E-state index contributed by atoms with van der Waals surface area (Å²) in [4.78, 5) is 5.32. The molecule has 0 radical (unpaired) electrons. The maximum absolute atomic E-state index is 11.1. The number of aromatic nitrogens is 1. The number of oxime groups is 1. The van der Waals surface area contributed by atoms with E-state index in [1.165, 1.54) is 19.0 Å². The van der Waals surface area contributed by atoms with Crippen LogP contribution in [0.5, 0.6) is 5.75 Å². The van der Waals surface area contributed by atoms with Gasteiger partial charge >= 0.3 is 10.4 Å². The first-order valence-corrected chi connectivity index (χ1v) is 11.8. The predicted molar refractivity (Wildman–Crippen MR) is 116 cm³/mol. The second-order valence-corrected chi connectivity index (χ2v) is 9.17. The predicted octanol–water partition coefficient (Wildman–Crippen LogP) is -1.08. The third kappa shape index (κ3) is 5.70. The number of aliphatic hydroxyl groups excluding tert-OH is 4. The highest BCUT2D eigenvalue weighted by atomic mass is 32.3. The molecule has 1 aromatic heterocycles. The van der Waals surface area contributed by atoms with E-state index in [-0.39, 0.29) is 11.5 Å². The largest absolute Gasteiger partial charge is 0.496 e. The second-order valence-electron chi connectivity index (χ2n) is 7.00. The smallest absolute Gasteiger partial charge is 0.466 e. The van der Waals surface area contributed by atoms with E-state index in [9.17, 15) is 28.8 Å². The highest BCUT2D eigenvalue weighted by Gasteiger charge is 2.44. The number of rotatable bonds is 8. The molecule has 1 aliphatic heterocycles. The van der Waals surface area contributed by atoms with Gasteiger partial charge in [-0.15, -0.1) is 0 Å². The molecule has 13 nitrogen and oxygen atoms in total. The Morgan fingerprint density at radius 2 is 1.94 bits per heavy atom. The Hall–Kier alpha value is -2.11. The lowest BCUT2D eigenvalue weighted by Crippen LogP contribution is -2.57. The summed E-state index contributed by atoms with van der Waals surface area (Å²) >= 11 is 0.677. The minimum Gasteiger partial charge on any atom is -0.496 e. The van der Waals surface area contributed by atoms with Crippen LogP contribution in [-0.4, -0.2) is 93.8 Å². The molecule has 2 heterocycles. The fourth-order valence-electron chi connectivity index (χ4n) is 3.40. The van der Waals surface area contributed by atoms with Crippen LogP contribution in [-0.2, 0) is 25.8 Å². The molecule has 3 rings (SSSR count). The van der Waals surface area contributed by atoms with Crippen molar-refractivity contribution < 1.29 is 52.0 Å². The van der Waals surface area contributed by atoms with Crippen molar-refractivity contribution in [2.75, 3.05) is 20.8 Å². The van der Waals surface area contributed by atoms with E-state index in [1.54, 1.807) is 24.4 Å². The number of fused-ring (bicyclic) bond motifs is 1. The van der Waals surface area contributed by atoms with Gasteiger partial charge < -0.3 is 34.7 Å². The summed E-state index contributed by atoms with van der Waals surface area (Å²) in [5, 5.41) is 43.7. The zero-order chi connectivity index (χ0) is 24.3. The van der Waals surface area contributed by atoms with Crippen LogP contribution in [0.25, 0.3) is 10.9 Å². The van der Waals surface area contributed by atoms with Crippen molar-refractivity contribution in [2.45, 2.75) is 36.3 Å². The van der Waals surface area contributed by atoms with Gasteiger partial charge in [-0.25, -0.2) is 4.28 Å². The van der Waals surface area contributed by atoms with Crippen LogP contribution in [0.4, 0.5) is 0 Å². The van der Waals surface area contributed by atoms with E-state index in [2.05, 4.69) is 9.44 Å². The van der Waals surface area contributed by atoms with Gasteiger partial charge in [-0.2, -0.15) is 13.1 Å². The Morgan fingerprint density at radius 1 is 1.21 bits per heavy atom. The van der Waals surface area contributed by atoms with Crippen molar-refractivity contribution in [1.82, 2.24) is 4.73 Å². The van der Waals surface area contributed by atoms with Crippen molar-refractivity contribution in [3.63, 3.8) is 0 Å². The quantitative estimate of drug-likeness (QED) is 0.126. The van der Waals surface area contributed by atoms with Crippen molar-refractivity contribution in [1.29, 1.82) is 0 Å². The molecule has 0 unspecified atom stereocenters. The SMILES string of the molecule is COc1cccc2c1c(CC(=NOS(=O)(=O)O)S[C@@H]1O[C@H](CO)[C@@H](O)[C@H](O)[C@H]1O)cn2OC. The summed E-state index contributed by atoms with van der Waals surface area (Å²) in [7, 11) is -2.02. The van der Waals surface area contributed by atoms with Crippen LogP contribution in [0.2, 0.25) is 0 Å². The minimum absolute atomic E-state index is 0.0852. The van der Waals surface area contributed by atoms with E-state index >= 15 is 0 Å². The van der Waals surface area contributed by atoms with Gasteiger partial charge in [0.25, 0.3) is 0 Å². The number of aliphatic hydroxyl groups is 4. The molecular weight excluding hydrogens is 484 g/mol. The van der Waals surface area contributed by atoms with Crippen molar-refractivity contribution in [3.8, 4) is 5.75 Å². The Labute approximate surface area is 193 Å². The monoisotopic (exact) mass is 508 g/mol. The van der Waals surface area contributed by atoms with Crippen LogP contribution in [0.3, 0.4) is 0 Å². The Morgan fingerprint density at radius 3 is 2.55 bits per heavy atom. The Bertz CT molecular complexity index is 1100. The fraction of sp³-hybridized carbons (Fsp3) is 0.500. The van der Waals surface area contributed by atoms with Gasteiger partial charge in [-0.1, -0.05) is 23.0 Å². The molecule has 2 aromatic rings. The average Bonchev–Trinajstić information content (AvgIpc) is 3.14. The summed E-state index contributed by atoms with van der Waals surface area (Å²) in [6.07, 6.45) is -4.50. The highest BCUT2D eigenvalue weighted by molar-refractivity contribution is 8.14. The van der Waals surface area contributed by atoms with E-state index in [4.69, 9.17) is 18.9 Å². The molecule has 0 amide bonds. The molecule has 0 saturated carbocycles. The topological polar surface area (TPSA) is 190 Å². The number of thioether (sulfide) groups is 1. The zero-order valence-corrected chi connectivity index (χ0v) is 19.1. The Kier molecular flexibility index (Phi) is 8.07. The first-order chi connectivity index (χ1) is 15.6. The molecule has 5 N–H and O–H groups in total. The minimum atomic E-state index is -4.94. The van der Waals surface area contributed by atoms with Gasteiger partial charge in [0.2, 0.25) is 0 Å². The second kappa shape index (κ2) is 10.4. The lowest BCUT2D eigenvalue weighted by molar-refractivity contribution is -0.205. The first-order valence-electron chi connectivity index (χ1n) is 9.51. The lowest BCUT2D eigenvalue weighted by atomic mass is 10.0. The van der Waals surface area contributed by atoms with Crippen LogP contribution in [0.15, 0.2) is 29.6 Å². The van der Waals surface area contributed by atoms with Gasteiger partial charge in [0.15, 0.2) is 0 Å². The van der Waals surface area contributed by atoms with Gasteiger partial charge in [0.05, 0.1) is 19.2 Å². The maximum Gasteiger partial charge on any atom is 0.466 e. The van der Waals surface area contributed by atoms with Crippen LogP contribution >= 0.6 is 11.8 Å². The van der Waals surface area contributed by atoms with Gasteiger partial charge in [-0.3, -0.25) is 4.55 Å². The van der Waals surface area contributed by atoms with Gasteiger partial charge in [0, 0.05) is 18.0 Å².